The van der Waals surface area contributed by atoms with Crippen molar-refractivity contribution < 1.29 is 9.59 Å². The van der Waals surface area contributed by atoms with Crippen LogP contribution in [-0.4, -0.2) is 27.2 Å². The molecule has 1 heterocycles. The first-order chi connectivity index (χ1) is 9.08. The van der Waals surface area contributed by atoms with E-state index < -0.39 is 5.54 Å². The van der Waals surface area contributed by atoms with E-state index in [1.807, 2.05) is 0 Å². The molecular formula is C14H14N2O2S. The molecule has 0 spiro atoms. The van der Waals surface area contributed by atoms with Crippen molar-refractivity contribution in [2.24, 2.45) is 5.73 Å². The first-order valence-electron chi connectivity index (χ1n) is 6.36. The molecule has 5 heteroatoms. The summed E-state index contributed by atoms with van der Waals surface area (Å²) < 4.78 is 0. The summed E-state index contributed by atoms with van der Waals surface area (Å²) in [7, 11) is 0. The number of nitrogens with zero attached hydrogens (tertiary/aromatic N) is 1. The molecule has 1 aliphatic carbocycles. The van der Waals surface area contributed by atoms with Gasteiger partial charge in [-0.15, -0.1) is 0 Å². The summed E-state index contributed by atoms with van der Waals surface area (Å²) in [5.41, 5.74) is 6.00. The summed E-state index contributed by atoms with van der Waals surface area (Å²) in [4.78, 5) is 26.5. The largest absolute Gasteiger partial charge is 0.391 e. The number of nitrogens with two attached hydrogens (primary N) is 1. The molecule has 19 heavy (non-hydrogen) atoms. The number of carbonyl (C=O) groups is 2. The number of benzene rings is 1. The second kappa shape index (κ2) is 4.13. The molecule has 1 aromatic rings. The Labute approximate surface area is 116 Å². The summed E-state index contributed by atoms with van der Waals surface area (Å²) in [5.74, 6) is -0.536. The molecule has 0 atom stereocenters. The highest BCUT2D eigenvalue weighted by Crippen LogP contribution is 2.40. The van der Waals surface area contributed by atoms with Crippen LogP contribution < -0.4 is 5.73 Å². The van der Waals surface area contributed by atoms with Crippen molar-refractivity contribution in [3.05, 3.63) is 35.4 Å². The number of hydrogen-bond donors (Lipinski definition) is 1. The lowest BCUT2D eigenvalue weighted by Crippen LogP contribution is -2.57. The van der Waals surface area contributed by atoms with E-state index in [2.05, 4.69) is 0 Å². The lowest BCUT2D eigenvalue weighted by molar-refractivity contribution is 0.0530. The maximum atomic E-state index is 12.5. The summed E-state index contributed by atoms with van der Waals surface area (Å²) in [6.45, 7) is 0. The second-order valence-electron chi connectivity index (χ2n) is 5.09. The minimum Gasteiger partial charge on any atom is -0.391 e. The zero-order valence-corrected chi connectivity index (χ0v) is 11.2. The fourth-order valence-electron chi connectivity index (χ4n) is 3.12. The summed E-state index contributed by atoms with van der Waals surface area (Å²) in [6.07, 6.45) is 3.22. The van der Waals surface area contributed by atoms with Crippen LogP contribution in [0.1, 0.15) is 46.4 Å². The van der Waals surface area contributed by atoms with E-state index in [9.17, 15) is 9.59 Å². The standard InChI is InChI=1S/C14H14N2O2S/c15-13(19)14(7-3-4-8-14)16-11(17)9-5-1-2-6-10(9)12(16)18/h1-2,5-6H,3-4,7-8H2,(H2,15,19). The van der Waals surface area contributed by atoms with Crippen LogP contribution in [0, 0.1) is 0 Å². The molecule has 2 N–H and O–H groups in total. The molecular weight excluding hydrogens is 260 g/mol. The highest BCUT2D eigenvalue weighted by atomic mass is 32.1. The van der Waals surface area contributed by atoms with Crippen LogP contribution in [0.15, 0.2) is 24.3 Å². The molecule has 0 bridgehead atoms. The fraction of sp³-hybridized carbons (Fsp3) is 0.357. The van der Waals surface area contributed by atoms with Crippen LogP contribution in [0.4, 0.5) is 0 Å². The SMILES string of the molecule is NC(=S)C1(N2C(=O)c3ccccc3C2=O)CCCC1. The van der Waals surface area contributed by atoms with Crippen molar-refractivity contribution >= 4 is 29.0 Å². The Hall–Kier alpha value is -1.75. The minimum absolute atomic E-state index is 0.250. The second-order valence-corrected chi connectivity index (χ2v) is 5.53. The van der Waals surface area contributed by atoms with Gasteiger partial charge in [-0.2, -0.15) is 0 Å². The Morgan fingerprint density at radius 3 is 2.00 bits per heavy atom. The molecule has 98 valence electrons. The lowest BCUT2D eigenvalue weighted by Gasteiger charge is -2.36. The summed E-state index contributed by atoms with van der Waals surface area (Å²) in [6, 6.07) is 6.88. The normalized spacial score (nSPS) is 20.7. The van der Waals surface area contributed by atoms with E-state index in [4.69, 9.17) is 18.0 Å². The highest BCUT2D eigenvalue weighted by molar-refractivity contribution is 7.80. The van der Waals surface area contributed by atoms with Gasteiger partial charge < -0.3 is 5.73 Å². The zero-order chi connectivity index (χ0) is 13.6. The molecule has 0 aromatic heterocycles. The van der Waals surface area contributed by atoms with E-state index in [0.717, 1.165) is 12.8 Å². The van der Waals surface area contributed by atoms with Crippen LogP contribution in [0.25, 0.3) is 0 Å². The van der Waals surface area contributed by atoms with E-state index in [0.29, 0.717) is 24.0 Å². The average Bonchev–Trinajstić information content (AvgIpc) is 2.97. The van der Waals surface area contributed by atoms with Gasteiger partial charge in [0, 0.05) is 0 Å². The molecule has 3 rings (SSSR count). The van der Waals surface area contributed by atoms with Gasteiger partial charge in [0.15, 0.2) is 0 Å². The maximum absolute atomic E-state index is 12.5. The third-order valence-corrected chi connectivity index (χ3v) is 4.49. The highest BCUT2D eigenvalue weighted by Gasteiger charge is 2.51. The molecule has 2 aliphatic rings. The van der Waals surface area contributed by atoms with Gasteiger partial charge in [0.2, 0.25) is 0 Å². The number of fused-ring (bicyclic) bond motifs is 1. The third kappa shape index (κ3) is 1.54. The van der Waals surface area contributed by atoms with Crippen molar-refractivity contribution in [2.45, 2.75) is 31.2 Å². The molecule has 0 unspecified atom stereocenters. The van der Waals surface area contributed by atoms with Crippen LogP contribution >= 0.6 is 12.2 Å². The predicted molar refractivity (Wildman–Crippen MR) is 74.9 cm³/mol. The maximum Gasteiger partial charge on any atom is 0.262 e. The molecule has 0 saturated heterocycles. The lowest BCUT2D eigenvalue weighted by atomic mass is 9.95. The Balaban J connectivity index is 2.11. The minimum atomic E-state index is -0.761. The quantitative estimate of drug-likeness (QED) is 0.660. The number of imide groups is 1. The Kier molecular flexibility index (Phi) is 2.67. The number of carbonyl (C=O) groups excluding carboxylic acids is 2. The Morgan fingerprint density at radius 2 is 1.58 bits per heavy atom. The van der Waals surface area contributed by atoms with Crippen LogP contribution in [0.5, 0.6) is 0 Å². The molecule has 1 saturated carbocycles. The number of amides is 2. The number of thiocarbonyl (C=S) groups is 1. The average molecular weight is 274 g/mol. The van der Waals surface area contributed by atoms with Crippen molar-refractivity contribution in [1.82, 2.24) is 4.90 Å². The fourth-order valence-corrected chi connectivity index (χ4v) is 3.41. The van der Waals surface area contributed by atoms with Gasteiger partial charge in [0.1, 0.15) is 5.54 Å². The van der Waals surface area contributed by atoms with Crippen molar-refractivity contribution in [1.29, 1.82) is 0 Å². The topological polar surface area (TPSA) is 63.4 Å². The third-order valence-electron chi connectivity index (χ3n) is 4.11. The zero-order valence-electron chi connectivity index (χ0n) is 10.4. The molecule has 1 aliphatic heterocycles. The van der Waals surface area contributed by atoms with Gasteiger partial charge >= 0.3 is 0 Å². The first kappa shape index (κ1) is 12.3. The molecule has 0 radical (unpaired) electrons. The van der Waals surface area contributed by atoms with Gasteiger partial charge in [0.25, 0.3) is 11.8 Å². The van der Waals surface area contributed by atoms with Crippen LogP contribution in [-0.2, 0) is 0 Å². The molecule has 1 fully saturated rings. The smallest absolute Gasteiger partial charge is 0.262 e. The Bertz CT molecular complexity index is 556. The van der Waals surface area contributed by atoms with Gasteiger partial charge in [-0.05, 0) is 25.0 Å². The van der Waals surface area contributed by atoms with Crippen molar-refractivity contribution in [3.63, 3.8) is 0 Å². The first-order valence-corrected chi connectivity index (χ1v) is 6.76. The van der Waals surface area contributed by atoms with E-state index in [-0.39, 0.29) is 16.8 Å². The van der Waals surface area contributed by atoms with E-state index in [1.165, 1.54) is 4.90 Å². The van der Waals surface area contributed by atoms with Crippen LogP contribution in [0.3, 0.4) is 0 Å². The van der Waals surface area contributed by atoms with Crippen molar-refractivity contribution in [3.8, 4) is 0 Å². The van der Waals surface area contributed by atoms with Crippen molar-refractivity contribution in [2.75, 3.05) is 0 Å². The Morgan fingerprint density at radius 1 is 1.11 bits per heavy atom. The molecule has 2 amide bonds. The predicted octanol–water partition coefficient (Wildman–Crippen LogP) is 1.88. The summed E-state index contributed by atoms with van der Waals surface area (Å²) in [5, 5.41) is 0. The summed E-state index contributed by atoms with van der Waals surface area (Å²) >= 11 is 5.15. The number of hydrogen-bond acceptors (Lipinski definition) is 3. The molecule has 4 nitrogen and oxygen atoms in total. The molecule has 1 aromatic carbocycles. The van der Waals surface area contributed by atoms with Gasteiger partial charge in [-0.1, -0.05) is 37.2 Å². The van der Waals surface area contributed by atoms with E-state index >= 15 is 0 Å². The van der Waals surface area contributed by atoms with Gasteiger partial charge in [-0.25, -0.2) is 0 Å². The monoisotopic (exact) mass is 274 g/mol. The van der Waals surface area contributed by atoms with E-state index in [1.54, 1.807) is 24.3 Å². The van der Waals surface area contributed by atoms with Gasteiger partial charge in [0.05, 0.1) is 16.1 Å². The van der Waals surface area contributed by atoms with Crippen LogP contribution in [0.2, 0.25) is 0 Å². The number of rotatable bonds is 2. The van der Waals surface area contributed by atoms with Gasteiger partial charge in [-0.3, -0.25) is 14.5 Å².